The highest BCUT2D eigenvalue weighted by Crippen LogP contribution is 2.24. The molecule has 1 aromatic carbocycles. The van der Waals surface area contributed by atoms with E-state index in [0.717, 1.165) is 51.1 Å². The van der Waals surface area contributed by atoms with Crippen molar-refractivity contribution in [2.45, 2.75) is 33.1 Å². The second kappa shape index (κ2) is 9.55. The number of ether oxygens (including phenoxy) is 1. The van der Waals surface area contributed by atoms with Gasteiger partial charge < -0.3 is 15.0 Å². The zero-order valence-electron chi connectivity index (χ0n) is 16.4. The summed E-state index contributed by atoms with van der Waals surface area (Å²) in [5, 5.41) is 7.97. The number of amides is 1. The summed E-state index contributed by atoms with van der Waals surface area (Å²) in [7, 11) is 0. The van der Waals surface area contributed by atoms with Crippen molar-refractivity contribution in [3.8, 4) is 11.4 Å². The number of hydrogen-bond acceptors (Lipinski definition) is 4. The van der Waals surface area contributed by atoms with Crippen LogP contribution in [-0.2, 0) is 0 Å². The minimum Gasteiger partial charge on any atom is -0.489 e. The summed E-state index contributed by atoms with van der Waals surface area (Å²) in [6.45, 7) is 8.34. The Hall–Kier alpha value is -2.34. The Kier molecular flexibility index (Phi) is 6.87. The minimum absolute atomic E-state index is 0.0299. The van der Waals surface area contributed by atoms with E-state index in [2.05, 4.69) is 24.3 Å². The number of carbonyl (C=O) groups excluding carboxylic acids is 1. The lowest BCUT2D eigenvalue weighted by Crippen LogP contribution is -2.41. The number of aromatic nitrogens is 2. The summed E-state index contributed by atoms with van der Waals surface area (Å²) in [4.78, 5) is 15.0. The van der Waals surface area contributed by atoms with Gasteiger partial charge in [0.1, 0.15) is 0 Å². The average molecular weight is 370 g/mol. The third-order valence-electron chi connectivity index (χ3n) is 4.95. The third kappa shape index (κ3) is 4.89. The van der Waals surface area contributed by atoms with Gasteiger partial charge in [0.25, 0.3) is 5.91 Å². The van der Waals surface area contributed by atoms with Crippen molar-refractivity contribution in [1.29, 1.82) is 0 Å². The van der Waals surface area contributed by atoms with Gasteiger partial charge in [-0.1, -0.05) is 32.0 Å². The average Bonchev–Trinajstić information content (AvgIpc) is 3.15. The van der Waals surface area contributed by atoms with E-state index in [1.807, 2.05) is 41.4 Å². The van der Waals surface area contributed by atoms with Gasteiger partial charge in [0.2, 0.25) is 0 Å². The van der Waals surface area contributed by atoms with Crippen molar-refractivity contribution in [3.05, 3.63) is 42.2 Å². The second-order valence-corrected chi connectivity index (χ2v) is 7.01. The molecule has 1 amide bonds. The lowest BCUT2D eigenvalue weighted by atomic mass is 9.96. The van der Waals surface area contributed by atoms with E-state index in [1.165, 1.54) is 0 Å². The summed E-state index contributed by atoms with van der Waals surface area (Å²) < 4.78 is 7.57. The molecule has 1 aromatic heterocycles. The van der Waals surface area contributed by atoms with Crippen LogP contribution in [0.25, 0.3) is 5.69 Å². The molecule has 0 spiro atoms. The Balaban J connectivity index is 1.74. The largest absolute Gasteiger partial charge is 0.489 e. The molecule has 146 valence electrons. The molecule has 1 aliphatic heterocycles. The molecule has 3 rings (SSSR count). The fraction of sp³-hybridized carbons (Fsp3) is 0.524. The van der Waals surface area contributed by atoms with Crippen molar-refractivity contribution in [2.75, 3.05) is 32.8 Å². The van der Waals surface area contributed by atoms with Crippen LogP contribution in [0, 0.1) is 5.92 Å². The molecule has 0 unspecified atom stereocenters. The number of hydrogen-bond donors (Lipinski definition) is 1. The SMILES string of the molecule is CCCOc1cn(-c2ccccc2)nc1C(=O)N1CCC(CNCC)CC1. The van der Waals surface area contributed by atoms with Gasteiger partial charge >= 0.3 is 0 Å². The smallest absolute Gasteiger partial charge is 0.278 e. The lowest BCUT2D eigenvalue weighted by molar-refractivity contribution is 0.0679. The normalized spacial score (nSPS) is 15.1. The highest BCUT2D eigenvalue weighted by atomic mass is 16.5. The van der Waals surface area contributed by atoms with Crippen molar-refractivity contribution in [1.82, 2.24) is 20.0 Å². The Morgan fingerprint density at radius 3 is 2.63 bits per heavy atom. The van der Waals surface area contributed by atoms with Crippen molar-refractivity contribution in [3.63, 3.8) is 0 Å². The molecule has 0 aliphatic carbocycles. The van der Waals surface area contributed by atoms with E-state index in [9.17, 15) is 4.79 Å². The van der Waals surface area contributed by atoms with E-state index >= 15 is 0 Å². The van der Waals surface area contributed by atoms with Crippen LogP contribution >= 0.6 is 0 Å². The predicted octanol–water partition coefficient (Wildman–Crippen LogP) is 3.12. The monoisotopic (exact) mass is 370 g/mol. The van der Waals surface area contributed by atoms with E-state index < -0.39 is 0 Å². The minimum atomic E-state index is -0.0299. The molecular formula is C21H30N4O2. The highest BCUT2D eigenvalue weighted by Gasteiger charge is 2.28. The first-order valence-electron chi connectivity index (χ1n) is 10.0. The molecule has 1 N–H and O–H groups in total. The van der Waals surface area contributed by atoms with Crippen LogP contribution in [-0.4, -0.2) is 53.4 Å². The molecule has 0 saturated carbocycles. The van der Waals surface area contributed by atoms with E-state index in [4.69, 9.17) is 4.74 Å². The fourth-order valence-electron chi connectivity index (χ4n) is 3.38. The Morgan fingerprint density at radius 2 is 1.96 bits per heavy atom. The first kappa shape index (κ1) is 19.4. The first-order chi connectivity index (χ1) is 13.2. The number of benzene rings is 1. The maximum atomic E-state index is 13.1. The predicted molar refractivity (Wildman–Crippen MR) is 107 cm³/mol. The third-order valence-corrected chi connectivity index (χ3v) is 4.95. The summed E-state index contributed by atoms with van der Waals surface area (Å²) >= 11 is 0. The van der Waals surface area contributed by atoms with Crippen molar-refractivity contribution < 1.29 is 9.53 Å². The van der Waals surface area contributed by atoms with Gasteiger partial charge in [-0.15, -0.1) is 0 Å². The van der Waals surface area contributed by atoms with Crippen LogP contribution in [0.15, 0.2) is 36.5 Å². The Bertz CT molecular complexity index is 721. The number of carbonyl (C=O) groups is 1. The van der Waals surface area contributed by atoms with Crippen LogP contribution in [0.2, 0.25) is 0 Å². The van der Waals surface area contributed by atoms with Crippen LogP contribution in [0.4, 0.5) is 0 Å². The molecule has 0 bridgehead atoms. The molecule has 1 fully saturated rings. The topological polar surface area (TPSA) is 59.4 Å². The molecule has 1 saturated heterocycles. The van der Waals surface area contributed by atoms with E-state index in [0.29, 0.717) is 24.0 Å². The van der Waals surface area contributed by atoms with Crippen molar-refractivity contribution in [2.24, 2.45) is 5.92 Å². The molecule has 27 heavy (non-hydrogen) atoms. The quantitative estimate of drug-likeness (QED) is 0.776. The summed E-state index contributed by atoms with van der Waals surface area (Å²) in [6.07, 6.45) is 4.77. The lowest BCUT2D eigenvalue weighted by Gasteiger charge is -2.31. The molecule has 6 nitrogen and oxygen atoms in total. The molecule has 2 heterocycles. The van der Waals surface area contributed by atoms with Gasteiger partial charge in [0.05, 0.1) is 18.5 Å². The second-order valence-electron chi connectivity index (χ2n) is 7.01. The molecule has 1 aliphatic rings. The van der Waals surface area contributed by atoms with E-state index in [1.54, 1.807) is 4.68 Å². The van der Waals surface area contributed by atoms with Crippen LogP contribution < -0.4 is 10.1 Å². The Morgan fingerprint density at radius 1 is 1.22 bits per heavy atom. The number of para-hydroxylation sites is 1. The number of likely N-dealkylation sites (tertiary alicyclic amines) is 1. The summed E-state index contributed by atoms with van der Waals surface area (Å²) in [5.74, 6) is 1.19. The fourth-order valence-corrected chi connectivity index (χ4v) is 3.38. The van der Waals surface area contributed by atoms with Gasteiger partial charge in [0, 0.05) is 13.1 Å². The highest BCUT2D eigenvalue weighted by molar-refractivity contribution is 5.95. The zero-order valence-corrected chi connectivity index (χ0v) is 16.4. The molecule has 2 aromatic rings. The number of rotatable bonds is 8. The molecular weight excluding hydrogens is 340 g/mol. The molecule has 0 atom stereocenters. The standard InChI is InChI=1S/C21H30N4O2/c1-3-14-27-19-16-25(18-8-6-5-7-9-18)23-20(19)21(26)24-12-10-17(11-13-24)15-22-4-2/h5-9,16-17,22H,3-4,10-15H2,1-2H3. The Labute approximate surface area is 161 Å². The zero-order chi connectivity index (χ0) is 19.1. The van der Waals surface area contributed by atoms with Gasteiger partial charge in [-0.05, 0) is 50.4 Å². The van der Waals surface area contributed by atoms with Gasteiger partial charge in [0.15, 0.2) is 11.4 Å². The first-order valence-corrected chi connectivity index (χ1v) is 10.0. The van der Waals surface area contributed by atoms with Crippen LogP contribution in [0.3, 0.4) is 0 Å². The number of piperidine rings is 1. The maximum absolute atomic E-state index is 13.1. The van der Waals surface area contributed by atoms with Gasteiger partial charge in [-0.3, -0.25) is 4.79 Å². The van der Waals surface area contributed by atoms with E-state index in [-0.39, 0.29) is 5.91 Å². The van der Waals surface area contributed by atoms with Gasteiger partial charge in [-0.25, -0.2) is 4.68 Å². The van der Waals surface area contributed by atoms with Gasteiger partial charge in [-0.2, -0.15) is 5.10 Å². The molecule has 6 heteroatoms. The maximum Gasteiger partial charge on any atom is 0.278 e. The van der Waals surface area contributed by atoms with Crippen molar-refractivity contribution >= 4 is 5.91 Å². The summed E-state index contributed by atoms with van der Waals surface area (Å²) in [6, 6.07) is 9.82. The van der Waals surface area contributed by atoms with Crippen LogP contribution in [0.1, 0.15) is 43.6 Å². The summed E-state index contributed by atoms with van der Waals surface area (Å²) in [5.41, 5.74) is 1.33. The number of nitrogens with one attached hydrogen (secondary N) is 1. The number of nitrogens with zero attached hydrogens (tertiary/aromatic N) is 3. The van der Waals surface area contributed by atoms with Crippen LogP contribution in [0.5, 0.6) is 5.75 Å². The molecule has 0 radical (unpaired) electrons.